The number of nitrogens with two attached hydrogens (primary N) is 1. The van der Waals surface area contributed by atoms with Crippen molar-refractivity contribution in [1.82, 2.24) is 10.2 Å². The Bertz CT molecular complexity index is 227. The van der Waals surface area contributed by atoms with Crippen molar-refractivity contribution in [3.05, 3.63) is 0 Å². The Morgan fingerprint density at radius 3 is 2.50 bits per heavy atom. The van der Waals surface area contributed by atoms with Crippen LogP contribution in [0.15, 0.2) is 0 Å². The van der Waals surface area contributed by atoms with Crippen molar-refractivity contribution in [3.63, 3.8) is 0 Å². The van der Waals surface area contributed by atoms with Crippen LogP contribution in [0.25, 0.3) is 0 Å². The van der Waals surface area contributed by atoms with Gasteiger partial charge in [-0.3, -0.25) is 4.79 Å². The van der Waals surface area contributed by atoms with Gasteiger partial charge in [0.25, 0.3) is 0 Å². The van der Waals surface area contributed by atoms with E-state index in [0.717, 1.165) is 38.5 Å². The zero-order valence-electron chi connectivity index (χ0n) is 11.8. The highest BCUT2D eigenvalue weighted by Gasteiger charge is 2.20. The molecule has 0 radical (unpaired) electrons. The number of carbonyl (C=O) groups excluding carboxylic acids is 1. The molecule has 18 heavy (non-hydrogen) atoms. The molecule has 0 heterocycles. The zero-order chi connectivity index (χ0) is 13.2. The smallest absolute Gasteiger partial charge is 0.219 e. The second-order valence-electron chi connectivity index (χ2n) is 5.25. The third kappa shape index (κ3) is 5.83. The normalized spacial score (nSPS) is 17.1. The van der Waals surface area contributed by atoms with Crippen LogP contribution < -0.4 is 11.1 Å². The monoisotopic (exact) mass is 255 g/mol. The quantitative estimate of drug-likeness (QED) is 0.691. The van der Waals surface area contributed by atoms with Gasteiger partial charge in [-0.2, -0.15) is 0 Å². The Labute approximate surface area is 111 Å². The van der Waals surface area contributed by atoms with Gasteiger partial charge in [-0.15, -0.1) is 0 Å². The van der Waals surface area contributed by atoms with Gasteiger partial charge >= 0.3 is 0 Å². The molecule has 1 aliphatic carbocycles. The minimum atomic E-state index is 0.150. The van der Waals surface area contributed by atoms with E-state index < -0.39 is 0 Å². The van der Waals surface area contributed by atoms with E-state index in [1.165, 1.54) is 32.1 Å². The summed E-state index contributed by atoms with van der Waals surface area (Å²) in [5.74, 6) is 0.150. The molecule has 1 saturated carbocycles. The molecule has 4 heteroatoms. The van der Waals surface area contributed by atoms with E-state index in [1.54, 1.807) is 7.05 Å². The number of nitrogens with zero attached hydrogens (tertiary/aromatic N) is 1. The van der Waals surface area contributed by atoms with Crippen LogP contribution in [0.3, 0.4) is 0 Å². The largest absolute Gasteiger partial charge is 0.359 e. The van der Waals surface area contributed by atoms with Gasteiger partial charge in [-0.25, -0.2) is 0 Å². The lowest BCUT2D eigenvalue weighted by Gasteiger charge is -2.34. The first-order chi connectivity index (χ1) is 8.77. The minimum absolute atomic E-state index is 0.150. The predicted molar refractivity (Wildman–Crippen MR) is 75.4 cm³/mol. The lowest BCUT2D eigenvalue weighted by atomic mass is 9.94. The predicted octanol–water partition coefficient (Wildman–Crippen LogP) is 1.50. The number of hydrogen-bond donors (Lipinski definition) is 2. The van der Waals surface area contributed by atoms with Crippen molar-refractivity contribution in [2.45, 2.75) is 57.4 Å². The van der Waals surface area contributed by atoms with E-state index >= 15 is 0 Å². The van der Waals surface area contributed by atoms with Crippen LogP contribution in [-0.4, -0.2) is 43.5 Å². The highest BCUT2D eigenvalue weighted by Crippen LogP contribution is 2.23. The fourth-order valence-corrected chi connectivity index (χ4v) is 2.79. The molecule has 3 N–H and O–H groups in total. The van der Waals surface area contributed by atoms with Crippen molar-refractivity contribution in [2.24, 2.45) is 5.73 Å². The van der Waals surface area contributed by atoms with Crippen molar-refractivity contribution in [1.29, 1.82) is 0 Å². The number of rotatable bonds is 8. The summed E-state index contributed by atoms with van der Waals surface area (Å²) in [4.78, 5) is 13.8. The van der Waals surface area contributed by atoms with Crippen LogP contribution in [0.5, 0.6) is 0 Å². The SMILES string of the molecule is CNC(=O)CCCN(CCCN)C1CCCCC1. The molecule has 106 valence electrons. The summed E-state index contributed by atoms with van der Waals surface area (Å²) in [6.07, 6.45) is 9.42. The second-order valence-corrected chi connectivity index (χ2v) is 5.25. The summed E-state index contributed by atoms with van der Waals surface area (Å²) < 4.78 is 0. The average Bonchev–Trinajstić information content (AvgIpc) is 2.43. The molecule has 0 bridgehead atoms. The summed E-state index contributed by atoms with van der Waals surface area (Å²) >= 11 is 0. The maximum atomic E-state index is 11.2. The summed E-state index contributed by atoms with van der Waals surface area (Å²) in [7, 11) is 1.70. The summed E-state index contributed by atoms with van der Waals surface area (Å²) in [5, 5.41) is 2.68. The van der Waals surface area contributed by atoms with Crippen molar-refractivity contribution in [2.75, 3.05) is 26.7 Å². The van der Waals surface area contributed by atoms with Gasteiger partial charge < -0.3 is 16.0 Å². The van der Waals surface area contributed by atoms with Gasteiger partial charge in [0, 0.05) is 19.5 Å². The standard InChI is InChI=1S/C14H29N3O/c1-16-14(18)9-5-11-17(12-6-10-15)13-7-3-2-4-8-13/h13H,2-12,15H2,1H3,(H,16,18). The van der Waals surface area contributed by atoms with Gasteiger partial charge in [0.1, 0.15) is 0 Å². The minimum Gasteiger partial charge on any atom is -0.359 e. The molecule has 0 atom stereocenters. The van der Waals surface area contributed by atoms with Crippen LogP contribution in [0.2, 0.25) is 0 Å². The Hall–Kier alpha value is -0.610. The molecule has 0 aromatic heterocycles. The third-order valence-corrected chi connectivity index (χ3v) is 3.87. The first-order valence-electron chi connectivity index (χ1n) is 7.42. The van der Waals surface area contributed by atoms with Crippen molar-refractivity contribution >= 4 is 5.91 Å². The van der Waals surface area contributed by atoms with Gasteiger partial charge in [0.05, 0.1) is 0 Å². The molecule has 0 aliphatic heterocycles. The lowest BCUT2D eigenvalue weighted by molar-refractivity contribution is -0.120. The number of carbonyl (C=O) groups is 1. The molecular formula is C14H29N3O. The van der Waals surface area contributed by atoms with E-state index in [0.29, 0.717) is 6.42 Å². The summed E-state index contributed by atoms with van der Waals surface area (Å²) in [6.45, 7) is 2.89. The van der Waals surface area contributed by atoms with Crippen molar-refractivity contribution in [3.8, 4) is 0 Å². The molecule has 0 spiro atoms. The second kappa shape index (κ2) is 9.34. The Kier molecular flexibility index (Phi) is 8.01. The molecule has 0 aromatic carbocycles. The summed E-state index contributed by atoms with van der Waals surface area (Å²) in [6, 6.07) is 0.731. The molecule has 0 aromatic rings. The van der Waals surface area contributed by atoms with E-state index in [2.05, 4.69) is 10.2 Å². The number of hydrogen-bond acceptors (Lipinski definition) is 3. The maximum absolute atomic E-state index is 11.2. The lowest BCUT2D eigenvalue weighted by Crippen LogP contribution is -2.39. The highest BCUT2D eigenvalue weighted by molar-refractivity contribution is 5.75. The molecule has 1 aliphatic rings. The van der Waals surface area contributed by atoms with Crippen LogP contribution in [-0.2, 0) is 4.79 Å². The molecule has 1 amide bonds. The molecular weight excluding hydrogens is 226 g/mol. The van der Waals surface area contributed by atoms with Gasteiger partial charge in [-0.1, -0.05) is 19.3 Å². The topological polar surface area (TPSA) is 58.4 Å². The van der Waals surface area contributed by atoms with Gasteiger partial charge in [-0.05, 0) is 45.3 Å². The first-order valence-corrected chi connectivity index (χ1v) is 7.42. The maximum Gasteiger partial charge on any atom is 0.219 e. The van der Waals surface area contributed by atoms with E-state index in [-0.39, 0.29) is 5.91 Å². The molecule has 0 saturated heterocycles. The Morgan fingerprint density at radius 2 is 1.89 bits per heavy atom. The summed E-state index contributed by atoms with van der Waals surface area (Å²) in [5.41, 5.74) is 5.61. The van der Waals surface area contributed by atoms with Crippen LogP contribution >= 0.6 is 0 Å². The Morgan fingerprint density at radius 1 is 1.22 bits per heavy atom. The highest BCUT2D eigenvalue weighted by atomic mass is 16.1. The third-order valence-electron chi connectivity index (χ3n) is 3.87. The van der Waals surface area contributed by atoms with Gasteiger partial charge in [0.2, 0.25) is 5.91 Å². The van der Waals surface area contributed by atoms with E-state index in [1.807, 2.05) is 0 Å². The Balaban J connectivity index is 2.31. The van der Waals surface area contributed by atoms with Crippen LogP contribution in [0, 0.1) is 0 Å². The van der Waals surface area contributed by atoms with Gasteiger partial charge in [0.15, 0.2) is 0 Å². The van der Waals surface area contributed by atoms with Crippen molar-refractivity contribution < 1.29 is 4.79 Å². The van der Waals surface area contributed by atoms with E-state index in [4.69, 9.17) is 5.73 Å². The fourth-order valence-electron chi connectivity index (χ4n) is 2.79. The zero-order valence-corrected chi connectivity index (χ0v) is 11.8. The average molecular weight is 255 g/mol. The molecule has 1 rings (SSSR count). The molecule has 4 nitrogen and oxygen atoms in total. The van der Waals surface area contributed by atoms with E-state index in [9.17, 15) is 4.79 Å². The number of nitrogens with one attached hydrogen (secondary N) is 1. The fraction of sp³-hybridized carbons (Fsp3) is 0.929. The number of amides is 1. The first kappa shape index (κ1) is 15.4. The van der Waals surface area contributed by atoms with Crippen LogP contribution in [0.4, 0.5) is 0 Å². The molecule has 0 unspecified atom stereocenters. The van der Waals surface area contributed by atoms with Crippen LogP contribution in [0.1, 0.15) is 51.4 Å². The molecule has 1 fully saturated rings.